The number of likely N-dealkylation sites (tertiary alicyclic amines) is 1. The summed E-state index contributed by atoms with van der Waals surface area (Å²) in [6, 6.07) is 9.55. The van der Waals surface area contributed by atoms with E-state index in [-0.39, 0.29) is 43.0 Å². The van der Waals surface area contributed by atoms with Gasteiger partial charge in [-0.25, -0.2) is 13.2 Å². The molecule has 1 saturated carbocycles. The van der Waals surface area contributed by atoms with Crippen molar-refractivity contribution in [3.63, 3.8) is 0 Å². The zero-order valence-corrected chi connectivity index (χ0v) is 23.2. The smallest absolute Gasteiger partial charge is 0.407 e. The Bertz CT molecular complexity index is 1300. The second-order valence-electron chi connectivity index (χ2n) is 10.1. The van der Waals surface area contributed by atoms with Gasteiger partial charge in [0.25, 0.3) is 0 Å². The highest BCUT2D eigenvalue weighted by atomic mass is 35.5. The molecule has 0 spiro atoms. The molecule has 11 nitrogen and oxygen atoms in total. The van der Waals surface area contributed by atoms with Gasteiger partial charge in [0, 0.05) is 38.6 Å². The van der Waals surface area contributed by atoms with Crippen LogP contribution in [-0.2, 0) is 19.6 Å². The summed E-state index contributed by atoms with van der Waals surface area (Å²) in [6.07, 6.45) is 1.20. The van der Waals surface area contributed by atoms with Gasteiger partial charge in [-0.15, -0.1) is 12.4 Å². The van der Waals surface area contributed by atoms with Crippen molar-refractivity contribution in [1.29, 1.82) is 0 Å². The van der Waals surface area contributed by atoms with Crippen molar-refractivity contribution in [1.82, 2.24) is 14.5 Å². The predicted octanol–water partition coefficient (Wildman–Crippen LogP) is 1.53. The minimum absolute atomic E-state index is 0. The van der Waals surface area contributed by atoms with Gasteiger partial charge in [-0.2, -0.15) is 4.72 Å². The summed E-state index contributed by atoms with van der Waals surface area (Å²) in [7, 11) is -4.17. The van der Waals surface area contributed by atoms with Crippen LogP contribution in [0.4, 0.5) is 4.79 Å². The standard InChI is InChI=1S/C26H35N5O6S.ClH/c27-11-13-31(20-8-9-20)25(33)22(15-23(32)24(28)19-6-3-12-30(16-19)26(34)35)29-38(36,37)21-10-7-17-4-1-2-5-18(17)14-21;/h1-2,4-5,7,10,14,19-20,22,24,29H,3,6,8-9,11-13,15-16,27-28H2,(H,34,35);1H/t19-,22?,24-;/m0./s1. The molecule has 2 fully saturated rings. The summed E-state index contributed by atoms with van der Waals surface area (Å²) in [5.41, 5.74) is 12.0. The number of hydrogen-bond acceptors (Lipinski definition) is 7. The lowest BCUT2D eigenvalue weighted by molar-refractivity contribution is -0.136. The number of halogens is 1. The van der Waals surface area contributed by atoms with Crippen LogP contribution in [0.5, 0.6) is 0 Å². The highest BCUT2D eigenvalue weighted by molar-refractivity contribution is 7.89. The van der Waals surface area contributed by atoms with Crippen LogP contribution in [0.25, 0.3) is 10.8 Å². The molecule has 3 atom stereocenters. The molecule has 1 heterocycles. The SMILES string of the molecule is Cl.NCCN(C(=O)C(CC(=O)[C@@H](N)[C@H]1CCCN(C(=O)O)C1)NS(=O)(=O)c1ccc2ccccc2c1)C1CC1. The van der Waals surface area contributed by atoms with Gasteiger partial charge in [-0.1, -0.05) is 30.3 Å². The number of rotatable bonds is 11. The molecule has 1 saturated heterocycles. The molecule has 2 amide bonds. The summed E-state index contributed by atoms with van der Waals surface area (Å²) in [5, 5.41) is 10.9. The van der Waals surface area contributed by atoms with E-state index in [1.165, 1.54) is 17.0 Å². The minimum Gasteiger partial charge on any atom is -0.465 e. The molecular formula is C26H36ClN5O6S. The van der Waals surface area contributed by atoms with Gasteiger partial charge in [0.05, 0.1) is 10.9 Å². The van der Waals surface area contributed by atoms with Gasteiger partial charge in [0.15, 0.2) is 5.78 Å². The lowest BCUT2D eigenvalue weighted by atomic mass is 9.87. The first kappa shape index (κ1) is 30.8. The first-order valence-electron chi connectivity index (χ1n) is 12.9. The number of carbonyl (C=O) groups excluding carboxylic acids is 2. The lowest BCUT2D eigenvalue weighted by Crippen LogP contribution is -2.54. The topological polar surface area (TPSA) is 176 Å². The Morgan fingerprint density at radius 1 is 1.10 bits per heavy atom. The first-order chi connectivity index (χ1) is 18.1. The van der Waals surface area contributed by atoms with Crippen LogP contribution >= 0.6 is 12.4 Å². The number of nitrogens with two attached hydrogens (primary N) is 2. The van der Waals surface area contributed by atoms with Crippen molar-refractivity contribution < 1.29 is 27.9 Å². The van der Waals surface area contributed by atoms with E-state index in [2.05, 4.69) is 4.72 Å². The molecule has 6 N–H and O–H groups in total. The van der Waals surface area contributed by atoms with Crippen molar-refractivity contribution >= 4 is 51.0 Å². The third-order valence-electron chi connectivity index (χ3n) is 7.28. The van der Waals surface area contributed by atoms with E-state index in [1.807, 2.05) is 12.1 Å². The molecular weight excluding hydrogens is 546 g/mol. The Balaban J connectivity index is 0.00000420. The second-order valence-corrected chi connectivity index (χ2v) is 11.8. The van der Waals surface area contributed by atoms with Crippen LogP contribution in [-0.4, -0.2) is 85.4 Å². The zero-order chi connectivity index (χ0) is 27.4. The first-order valence-corrected chi connectivity index (χ1v) is 14.4. The fourth-order valence-electron chi connectivity index (χ4n) is 5.04. The number of sulfonamides is 1. The fraction of sp³-hybridized carbons (Fsp3) is 0.500. The number of nitrogens with one attached hydrogen (secondary N) is 1. The molecule has 0 aromatic heterocycles. The number of hydrogen-bond donors (Lipinski definition) is 4. The molecule has 0 bridgehead atoms. The van der Waals surface area contributed by atoms with Crippen LogP contribution in [0.1, 0.15) is 32.1 Å². The maximum Gasteiger partial charge on any atom is 0.407 e. The van der Waals surface area contributed by atoms with Crippen molar-refractivity contribution in [2.75, 3.05) is 26.2 Å². The van der Waals surface area contributed by atoms with Gasteiger partial charge in [-0.3, -0.25) is 9.59 Å². The second kappa shape index (κ2) is 13.1. The van der Waals surface area contributed by atoms with Crippen LogP contribution in [0.3, 0.4) is 0 Å². The van der Waals surface area contributed by atoms with E-state index >= 15 is 0 Å². The van der Waals surface area contributed by atoms with Crippen molar-refractivity contribution in [2.45, 2.75) is 55.1 Å². The monoisotopic (exact) mass is 581 g/mol. The molecule has 214 valence electrons. The molecule has 39 heavy (non-hydrogen) atoms. The third kappa shape index (κ3) is 7.46. The molecule has 2 aromatic rings. The fourth-order valence-corrected chi connectivity index (χ4v) is 6.27. The quantitative estimate of drug-likeness (QED) is 0.309. The van der Waals surface area contributed by atoms with Gasteiger partial charge in [-0.05, 0) is 54.5 Å². The van der Waals surface area contributed by atoms with E-state index in [9.17, 15) is 27.9 Å². The highest BCUT2D eigenvalue weighted by Crippen LogP contribution is 2.28. The molecule has 2 aliphatic rings. The van der Waals surface area contributed by atoms with E-state index < -0.39 is 52.2 Å². The average Bonchev–Trinajstić information content (AvgIpc) is 3.75. The minimum atomic E-state index is -4.17. The van der Waals surface area contributed by atoms with Gasteiger partial charge in [0.2, 0.25) is 15.9 Å². The number of carboxylic acid groups (broad SMARTS) is 1. The number of benzene rings is 2. The van der Waals surface area contributed by atoms with Gasteiger partial charge < -0.3 is 26.4 Å². The number of fused-ring (bicyclic) bond motifs is 1. The van der Waals surface area contributed by atoms with E-state index in [0.29, 0.717) is 19.4 Å². The predicted molar refractivity (Wildman–Crippen MR) is 149 cm³/mol. The number of piperidine rings is 1. The lowest BCUT2D eigenvalue weighted by Gasteiger charge is -2.34. The van der Waals surface area contributed by atoms with Crippen LogP contribution < -0.4 is 16.2 Å². The van der Waals surface area contributed by atoms with Crippen LogP contribution in [0.2, 0.25) is 0 Å². The third-order valence-corrected chi connectivity index (χ3v) is 8.75. The molecule has 0 radical (unpaired) electrons. The van der Waals surface area contributed by atoms with Crippen molar-refractivity contribution in [3.05, 3.63) is 42.5 Å². The molecule has 1 aliphatic carbocycles. The van der Waals surface area contributed by atoms with Crippen molar-refractivity contribution in [3.8, 4) is 0 Å². The summed E-state index contributed by atoms with van der Waals surface area (Å²) < 4.78 is 29.3. The number of Topliss-reactive ketones (excluding diaryl/α,β-unsaturated/α-hetero) is 1. The molecule has 1 aliphatic heterocycles. The normalized spacial score (nSPS) is 19.1. The molecule has 1 unspecified atom stereocenters. The van der Waals surface area contributed by atoms with Gasteiger partial charge >= 0.3 is 6.09 Å². The summed E-state index contributed by atoms with van der Waals surface area (Å²) in [5.74, 6) is -1.42. The Morgan fingerprint density at radius 3 is 2.44 bits per heavy atom. The largest absolute Gasteiger partial charge is 0.465 e. The summed E-state index contributed by atoms with van der Waals surface area (Å²) >= 11 is 0. The van der Waals surface area contributed by atoms with Crippen LogP contribution in [0, 0.1) is 5.92 Å². The van der Waals surface area contributed by atoms with E-state index in [4.69, 9.17) is 11.5 Å². The Hall–Kier alpha value is -2.77. The van der Waals surface area contributed by atoms with E-state index in [0.717, 1.165) is 23.6 Å². The zero-order valence-electron chi connectivity index (χ0n) is 21.6. The number of carbonyl (C=O) groups is 3. The molecule has 4 rings (SSSR count). The summed E-state index contributed by atoms with van der Waals surface area (Å²) in [6.45, 7) is 0.932. The average molecular weight is 582 g/mol. The maximum absolute atomic E-state index is 13.6. The number of amides is 2. The van der Waals surface area contributed by atoms with E-state index in [1.54, 1.807) is 23.1 Å². The Labute approximate surface area is 234 Å². The number of ketones is 1. The maximum atomic E-state index is 13.6. The number of nitrogens with zero attached hydrogens (tertiary/aromatic N) is 2. The molecule has 2 aromatic carbocycles. The highest BCUT2D eigenvalue weighted by Gasteiger charge is 2.39. The Morgan fingerprint density at radius 2 is 1.79 bits per heavy atom. The van der Waals surface area contributed by atoms with Crippen LogP contribution in [0.15, 0.2) is 47.4 Å². The van der Waals surface area contributed by atoms with Gasteiger partial charge in [0.1, 0.15) is 6.04 Å². The molecule has 13 heteroatoms. The Kier molecular flexibility index (Phi) is 10.3. The van der Waals surface area contributed by atoms with Crippen molar-refractivity contribution in [2.24, 2.45) is 17.4 Å². The summed E-state index contributed by atoms with van der Waals surface area (Å²) in [4.78, 5) is 41.0.